The Balaban J connectivity index is 2.15. The quantitative estimate of drug-likeness (QED) is 0.692. The lowest BCUT2D eigenvalue weighted by Gasteiger charge is -2.33. The molecule has 88 valence electrons. The summed E-state index contributed by atoms with van der Waals surface area (Å²) in [7, 11) is 0. The summed E-state index contributed by atoms with van der Waals surface area (Å²) in [5.41, 5.74) is -0.0648. The molecule has 5 nitrogen and oxygen atoms in total. The lowest BCUT2D eigenvalue weighted by atomic mass is 9.89. The van der Waals surface area contributed by atoms with E-state index in [1.807, 2.05) is 0 Å². The number of nitrogens with one attached hydrogen (secondary N) is 1. The Morgan fingerprint density at radius 2 is 2.25 bits per heavy atom. The van der Waals surface area contributed by atoms with Gasteiger partial charge in [-0.1, -0.05) is 12.8 Å². The Bertz CT molecular complexity index is 338. The maximum absolute atomic E-state index is 11.6. The van der Waals surface area contributed by atoms with Crippen molar-refractivity contribution in [2.75, 3.05) is 6.61 Å². The van der Waals surface area contributed by atoms with Crippen LogP contribution in [-0.4, -0.2) is 36.3 Å². The summed E-state index contributed by atoms with van der Waals surface area (Å²) in [6.07, 6.45) is 4.12. The predicted molar refractivity (Wildman–Crippen MR) is 58.3 cm³/mol. The summed E-state index contributed by atoms with van der Waals surface area (Å²) >= 11 is 0. The normalized spacial score (nSPS) is 28.8. The van der Waals surface area contributed by atoms with Gasteiger partial charge in [0.2, 0.25) is 5.71 Å². The van der Waals surface area contributed by atoms with Crippen LogP contribution in [0.15, 0.2) is 4.99 Å². The van der Waals surface area contributed by atoms with Crippen LogP contribution in [0.3, 0.4) is 0 Å². The van der Waals surface area contributed by atoms with Crippen LogP contribution in [0.1, 0.15) is 32.6 Å². The molecule has 0 aromatic rings. The zero-order chi connectivity index (χ0) is 11.5. The summed E-state index contributed by atoms with van der Waals surface area (Å²) in [4.78, 5) is 27.3. The van der Waals surface area contributed by atoms with E-state index in [0.717, 1.165) is 25.7 Å². The summed E-state index contributed by atoms with van der Waals surface area (Å²) in [5, 5.41) is 2.84. The number of amides is 1. The molecule has 1 amide bonds. The van der Waals surface area contributed by atoms with Gasteiger partial charge in [-0.2, -0.15) is 0 Å². The fourth-order valence-electron chi connectivity index (χ4n) is 2.24. The van der Waals surface area contributed by atoms with E-state index in [0.29, 0.717) is 0 Å². The molecule has 0 aromatic heterocycles. The Hall–Kier alpha value is -1.39. The van der Waals surface area contributed by atoms with E-state index >= 15 is 0 Å². The topological polar surface area (TPSA) is 67.8 Å². The van der Waals surface area contributed by atoms with Crippen molar-refractivity contribution in [1.29, 1.82) is 0 Å². The number of carbonyl (C=O) groups is 2. The lowest BCUT2D eigenvalue weighted by molar-refractivity contribution is -0.136. The molecule has 2 atom stereocenters. The molecule has 1 heterocycles. The summed E-state index contributed by atoms with van der Waals surface area (Å²) in [6.45, 7) is 1.97. The van der Waals surface area contributed by atoms with Gasteiger partial charge >= 0.3 is 5.97 Å². The molecular formula is C11H16N2O3. The third kappa shape index (κ3) is 2.08. The maximum atomic E-state index is 11.6. The van der Waals surface area contributed by atoms with Gasteiger partial charge in [0.15, 0.2) is 0 Å². The Morgan fingerprint density at radius 3 is 3.00 bits per heavy atom. The molecule has 1 fully saturated rings. The van der Waals surface area contributed by atoms with E-state index in [1.165, 1.54) is 0 Å². The van der Waals surface area contributed by atoms with Crippen LogP contribution in [0.4, 0.5) is 0 Å². The van der Waals surface area contributed by atoms with Crippen LogP contribution >= 0.6 is 0 Å². The van der Waals surface area contributed by atoms with E-state index in [4.69, 9.17) is 4.74 Å². The highest BCUT2D eigenvalue weighted by atomic mass is 16.5. The second-order valence-electron chi connectivity index (χ2n) is 4.13. The SMILES string of the molecule is CCOC(=O)C1=NC2CCCCC2NC1=O. The van der Waals surface area contributed by atoms with E-state index < -0.39 is 5.97 Å². The molecule has 0 radical (unpaired) electrons. The van der Waals surface area contributed by atoms with Gasteiger partial charge in [-0.15, -0.1) is 0 Å². The smallest absolute Gasteiger partial charge is 0.362 e. The first-order valence-corrected chi connectivity index (χ1v) is 5.78. The summed E-state index contributed by atoms with van der Waals surface area (Å²) in [5.74, 6) is -0.995. The first-order chi connectivity index (χ1) is 7.72. The minimum atomic E-state index is -0.607. The van der Waals surface area contributed by atoms with E-state index in [1.54, 1.807) is 6.92 Å². The fourth-order valence-corrected chi connectivity index (χ4v) is 2.24. The van der Waals surface area contributed by atoms with Gasteiger partial charge in [0.1, 0.15) is 0 Å². The Labute approximate surface area is 94.3 Å². The second kappa shape index (κ2) is 4.63. The molecule has 0 saturated heterocycles. The minimum absolute atomic E-state index is 0.0610. The molecule has 1 N–H and O–H groups in total. The fraction of sp³-hybridized carbons (Fsp3) is 0.727. The molecule has 1 aliphatic carbocycles. The number of rotatable bonds is 2. The lowest BCUT2D eigenvalue weighted by Crippen LogP contribution is -2.53. The van der Waals surface area contributed by atoms with Crippen LogP contribution < -0.4 is 5.32 Å². The van der Waals surface area contributed by atoms with Gasteiger partial charge in [-0.3, -0.25) is 9.79 Å². The molecule has 2 rings (SSSR count). The molecule has 0 aromatic carbocycles. The van der Waals surface area contributed by atoms with Gasteiger partial charge in [-0.25, -0.2) is 4.79 Å². The molecule has 16 heavy (non-hydrogen) atoms. The highest BCUT2D eigenvalue weighted by molar-refractivity contribution is 6.64. The third-order valence-electron chi connectivity index (χ3n) is 3.02. The van der Waals surface area contributed by atoms with Crippen LogP contribution in [-0.2, 0) is 14.3 Å². The van der Waals surface area contributed by atoms with Crippen molar-refractivity contribution >= 4 is 17.6 Å². The second-order valence-corrected chi connectivity index (χ2v) is 4.13. The molecule has 1 aliphatic heterocycles. The number of esters is 1. The van der Waals surface area contributed by atoms with Gasteiger partial charge in [0.05, 0.1) is 18.7 Å². The van der Waals surface area contributed by atoms with Gasteiger partial charge in [0, 0.05) is 0 Å². The van der Waals surface area contributed by atoms with Crippen molar-refractivity contribution in [1.82, 2.24) is 5.32 Å². The highest BCUT2D eigenvalue weighted by Crippen LogP contribution is 2.23. The number of ether oxygens (including phenoxy) is 1. The standard InChI is InChI=1S/C11H16N2O3/c1-2-16-11(15)9-10(14)13-8-6-4-3-5-7(8)12-9/h7-8H,2-6H2,1H3,(H,13,14). The van der Waals surface area contributed by atoms with Crippen LogP contribution in [0, 0.1) is 0 Å². The zero-order valence-corrected chi connectivity index (χ0v) is 9.36. The minimum Gasteiger partial charge on any atom is -0.461 e. The van der Waals surface area contributed by atoms with Crippen molar-refractivity contribution in [3.63, 3.8) is 0 Å². The predicted octanol–water partition coefficient (Wildman–Crippen LogP) is 0.431. The van der Waals surface area contributed by atoms with Crippen molar-refractivity contribution < 1.29 is 14.3 Å². The van der Waals surface area contributed by atoms with Crippen LogP contribution in [0.25, 0.3) is 0 Å². The Morgan fingerprint density at radius 1 is 1.50 bits per heavy atom. The van der Waals surface area contributed by atoms with Crippen LogP contribution in [0.2, 0.25) is 0 Å². The van der Waals surface area contributed by atoms with E-state index in [9.17, 15) is 9.59 Å². The summed E-state index contributed by atoms with van der Waals surface area (Å²) in [6, 6.07) is 0.172. The van der Waals surface area contributed by atoms with Crippen LogP contribution in [0.5, 0.6) is 0 Å². The van der Waals surface area contributed by atoms with Gasteiger partial charge in [0.25, 0.3) is 5.91 Å². The number of carbonyl (C=O) groups excluding carboxylic acids is 2. The Kier molecular flexibility index (Phi) is 3.22. The molecule has 5 heteroatoms. The molecular weight excluding hydrogens is 208 g/mol. The molecule has 0 spiro atoms. The molecule has 2 aliphatic rings. The molecule has 2 unspecified atom stereocenters. The number of hydrogen-bond donors (Lipinski definition) is 1. The van der Waals surface area contributed by atoms with Crippen molar-refractivity contribution in [2.45, 2.75) is 44.7 Å². The number of nitrogens with zero attached hydrogens (tertiary/aromatic N) is 1. The monoisotopic (exact) mass is 224 g/mol. The number of fused-ring (bicyclic) bond motifs is 1. The van der Waals surface area contributed by atoms with Crippen molar-refractivity contribution in [2.24, 2.45) is 4.99 Å². The van der Waals surface area contributed by atoms with E-state index in [2.05, 4.69) is 10.3 Å². The average molecular weight is 224 g/mol. The number of hydrogen-bond acceptors (Lipinski definition) is 4. The largest absolute Gasteiger partial charge is 0.461 e. The summed E-state index contributed by atoms with van der Waals surface area (Å²) < 4.78 is 4.80. The highest BCUT2D eigenvalue weighted by Gasteiger charge is 2.35. The van der Waals surface area contributed by atoms with Crippen molar-refractivity contribution in [3.05, 3.63) is 0 Å². The molecule has 0 bridgehead atoms. The first kappa shape index (κ1) is 11.1. The number of aliphatic imine (C=N–C) groups is 1. The third-order valence-corrected chi connectivity index (χ3v) is 3.02. The van der Waals surface area contributed by atoms with Gasteiger partial charge in [-0.05, 0) is 19.8 Å². The van der Waals surface area contributed by atoms with Crippen molar-refractivity contribution in [3.8, 4) is 0 Å². The molecule has 1 saturated carbocycles. The maximum Gasteiger partial charge on any atom is 0.362 e. The zero-order valence-electron chi connectivity index (χ0n) is 9.36. The van der Waals surface area contributed by atoms with Gasteiger partial charge < -0.3 is 10.1 Å². The average Bonchev–Trinajstić information content (AvgIpc) is 2.28. The van der Waals surface area contributed by atoms with E-state index in [-0.39, 0.29) is 30.3 Å². The first-order valence-electron chi connectivity index (χ1n) is 5.78.